The molecular weight excluding hydrogens is 678 g/mol. The van der Waals surface area contributed by atoms with Crippen LogP contribution in [0.5, 0.6) is 11.5 Å². The van der Waals surface area contributed by atoms with Gasteiger partial charge in [0, 0.05) is 55.1 Å². The maximum atomic E-state index is 14.5. The van der Waals surface area contributed by atoms with Gasteiger partial charge in [-0.25, -0.2) is 0 Å². The molecule has 1 saturated heterocycles. The number of aromatic hydroxyl groups is 2. The Kier molecular flexibility index (Phi) is 8.56. The molecular formula is C42H59NO10. The number of likely N-dealkylation sites (N-methyl/N-ethyl adjacent to an activating group) is 1. The molecule has 1 aromatic carbocycles. The Labute approximate surface area is 311 Å². The first-order valence-corrected chi connectivity index (χ1v) is 19.9. The van der Waals surface area contributed by atoms with Crippen LogP contribution in [0, 0.1) is 45.8 Å². The highest BCUT2D eigenvalue weighted by Crippen LogP contribution is 2.75. The Balaban J connectivity index is 1.23. The van der Waals surface area contributed by atoms with Gasteiger partial charge in [-0.2, -0.15) is 0 Å². The van der Waals surface area contributed by atoms with Crippen molar-refractivity contribution >= 4 is 5.78 Å². The number of ether oxygens (including phenoxy) is 1. The van der Waals surface area contributed by atoms with Crippen LogP contribution in [-0.4, -0.2) is 108 Å². The van der Waals surface area contributed by atoms with E-state index in [1.54, 1.807) is 6.07 Å². The van der Waals surface area contributed by atoms with Crippen LogP contribution in [0.25, 0.3) is 0 Å². The second-order valence-corrected chi connectivity index (χ2v) is 18.7. The number of fused-ring (bicyclic) bond motifs is 9. The predicted molar refractivity (Wildman–Crippen MR) is 195 cm³/mol. The van der Waals surface area contributed by atoms with Crippen molar-refractivity contribution in [3.8, 4) is 11.5 Å². The molecule has 1 aromatic rings. The fourth-order valence-electron chi connectivity index (χ4n) is 13.9. The molecule has 292 valence electrons. The van der Waals surface area contributed by atoms with Gasteiger partial charge in [0.05, 0.1) is 30.0 Å². The first kappa shape index (κ1) is 37.6. The van der Waals surface area contributed by atoms with Crippen molar-refractivity contribution in [2.45, 2.75) is 127 Å². The second-order valence-electron chi connectivity index (χ2n) is 18.7. The minimum atomic E-state index is -1.72. The largest absolute Gasteiger partial charge is 0.504 e. The number of benzene rings is 1. The average Bonchev–Trinajstić information content (AvgIpc) is 3.44. The van der Waals surface area contributed by atoms with E-state index in [1.807, 2.05) is 27.7 Å². The minimum absolute atomic E-state index is 0.0439. The third-order valence-corrected chi connectivity index (χ3v) is 16.6. The highest BCUT2D eigenvalue weighted by Gasteiger charge is 2.82. The number of rotatable bonds is 6. The Bertz CT molecular complexity index is 1750. The molecule has 9 rings (SSSR count). The Morgan fingerprint density at radius 3 is 2.38 bits per heavy atom. The van der Waals surface area contributed by atoms with Gasteiger partial charge >= 0.3 is 0 Å². The van der Waals surface area contributed by atoms with Crippen LogP contribution in [0.1, 0.15) is 91.0 Å². The highest BCUT2D eigenvalue weighted by molar-refractivity contribution is 5.96. The number of allylic oxidation sites excluding steroid dienone is 2. The topological polar surface area (TPSA) is 200 Å². The molecule has 16 unspecified atom stereocenters. The van der Waals surface area contributed by atoms with Crippen LogP contribution in [0.3, 0.4) is 0 Å². The summed E-state index contributed by atoms with van der Waals surface area (Å²) in [6.45, 7) is 11.2. The van der Waals surface area contributed by atoms with E-state index in [4.69, 9.17) is 4.74 Å². The second kappa shape index (κ2) is 12.1. The van der Waals surface area contributed by atoms with Gasteiger partial charge in [0.15, 0.2) is 17.3 Å². The number of aliphatic hydroxyl groups excluding tert-OH is 4. The third-order valence-electron chi connectivity index (χ3n) is 16.6. The monoisotopic (exact) mass is 737 g/mol. The zero-order valence-electron chi connectivity index (χ0n) is 31.6. The molecule has 1 heterocycles. The van der Waals surface area contributed by atoms with E-state index in [-0.39, 0.29) is 66.3 Å². The molecule has 1 aliphatic heterocycles. The summed E-state index contributed by atoms with van der Waals surface area (Å²) in [6.07, 6.45) is 2.29. The molecule has 0 aromatic heterocycles. The lowest BCUT2D eigenvalue weighted by atomic mass is 9.43. The van der Waals surface area contributed by atoms with Crippen LogP contribution < -0.4 is 5.32 Å². The van der Waals surface area contributed by atoms with Crippen molar-refractivity contribution < 1.29 is 50.4 Å². The molecule has 4 saturated carbocycles. The zero-order chi connectivity index (χ0) is 38.3. The van der Waals surface area contributed by atoms with Crippen LogP contribution >= 0.6 is 0 Å². The summed E-state index contributed by atoms with van der Waals surface area (Å²) in [5, 5.41) is 96.5. The number of ketones is 1. The van der Waals surface area contributed by atoms with Crippen molar-refractivity contribution in [2.24, 2.45) is 45.8 Å². The number of aliphatic hydroxyl groups is 6. The fraction of sp³-hybridized carbons (Fsp3) is 0.738. The number of hydrogen-bond acceptors (Lipinski definition) is 11. The Morgan fingerprint density at radius 1 is 0.981 bits per heavy atom. The lowest BCUT2D eigenvalue weighted by Gasteiger charge is -2.62. The number of hydrogen-bond donors (Lipinski definition) is 9. The first-order chi connectivity index (χ1) is 24.9. The van der Waals surface area contributed by atoms with Gasteiger partial charge in [-0.1, -0.05) is 52.3 Å². The summed E-state index contributed by atoms with van der Waals surface area (Å²) in [5.41, 5.74) is -4.86. The number of phenolic OH excluding ortho intramolecular Hbond substituents is 2. The lowest BCUT2D eigenvalue weighted by Crippen LogP contribution is -2.70. The van der Waals surface area contributed by atoms with Gasteiger partial charge in [-0.05, 0) is 90.7 Å². The standard InChI is InChI=1S/C42H59NO10/c1-6-43-20-23-17-37(3)11-9-24(23)42(36(50)21(37)2)40(51,13-14-44)35-31(53-42)19-41(52)26-16-29(47)33-32(22-7-8-27(45)28(46)15-22)34(49)30(48)18-38(33,4)25(26)10-12-39(35,41)5/h7-8,15-17,21,24-25,30-36,43-46,48-52H,6,9-14,18-20H2,1-5H3. The minimum Gasteiger partial charge on any atom is -0.504 e. The number of phenols is 2. The number of nitrogens with one attached hydrogen (secondary N) is 1. The normalized spacial score (nSPS) is 51.3. The van der Waals surface area contributed by atoms with Crippen LogP contribution in [0.2, 0.25) is 0 Å². The van der Waals surface area contributed by atoms with Gasteiger partial charge < -0.3 is 50.9 Å². The molecule has 8 aliphatic rings. The highest BCUT2D eigenvalue weighted by atomic mass is 16.6. The summed E-state index contributed by atoms with van der Waals surface area (Å²) in [7, 11) is 0. The number of carbonyl (C=O) groups excluding carboxylic acids is 1. The zero-order valence-corrected chi connectivity index (χ0v) is 31.6. The number of carbonyl (C=O) groups is 1. The van der Waals surface area contributed by atoms with Crippen molar-refractivity contribution in [3.05, 3.63) is 47.1 Å². The molecule has 9 N–H and O–H groups in total. The third kappa shape index (κ3) is 4.59. The van der Waals surface area contributed by atoms with Crippen LogP contribution in [0.15, 0.2) is 41.5 Å². The van der Waals surface area contributed by atoms with E-state index in [0.717, 1.165) is 18.5 Å². The van der Waals surface area contributed by atoms with E-state index in [1.165, 1.54) is 18.2 Å². The molecule has 0 amide bonds. The van der Waals surface area contributed by atoms with Gasteiger partial charge in [0.2, 0.25) is 0 Å². The Hall–Kier alpha value is -2.35. The Morgan fingerprint density at radius 2 is 1.70 bits per heavy atom. The summed E-state index contributed by atoms with van der Waals surface area (Å²) < 4.78 is 7.25. The average molecular weight is 738 g/mol. The molecule has 1 spiro atoms. The van der Waals surface area contributed by atoms with Crippen LogP contribution in [0.4, 0.5) is 0 Å². The van der Waals surface area contributed by atoms with Gasteiger partial charge in [0.25, 0.3) is 0 Å². The molecule has 11 heteroatoms. The fourth-order valence-corrected chi connectivity index (χ4v) is 13.9. The first-order valence-electron chi connectivity index (χ1n) is 19.9. The molecule has 7 aliphatic carbocycles. The van der Waals surface area contributed by atoms with E-state index >= 15 is 0 Å². The summed E-state index contributed by atoms with van der Waals surface area (Å²) >= 11 is 0. The van der Waals surface area contributed by atoms with Crippen LogP contribution in [-0.2, 0) is 9.53 Å². The van der Waals surface area contributed by atoms with Crippen molar-refractivity contribution in [3.63, 3.8) is 0 Å². The molecule has 53 heavy (non-hydrogen) atoms. The summed E-state index contributed by atoms with van der Waals surface area (Å²) in [4.78, 5) is 14.5. The SMILES string of the molecule is CCNCC1=CC2(C)CCC1C1(OC3CC4(O)C5=CC(=O)C6C(c7ccc(O)c(O)c7)C(O)C(O)CC6(C)C5CCC4(C)C3C1(O)CCO)C(O)C2C. The van der Waals surface area contributed by atoms with Crippen molar-refractivity contribution in [1.29, 1.82) is 0 Å². The summed E-state index contributed by atoms with van der Waals surface area (Å²) in [6, 6.07) is 4.21. The van der Waals surface area contributed by atoms with Gasteiger partial charge in [-0.3, -0.25) is 4.79 Å². The maximum absolute atomic E-state index is 14.5. The van der Waals surface area contributed by atoms with E-state index < -0.39 is 69.8 Å². The molecule has 5 fully saturated rings. The molecule has 11 nitrogen and oxygen atoms in total. The van der Waals surface area contributed by atoms with E-state index in [9.17, 15) is 45.6 Å². The van der Waals surface area contributed by atoms with Gasteiger partial charge in [-0.15, -0.1) is 0 Å². The van der Waals surface area contributed by atoms with E-state index in [0.29, 0.717) is 36.9 Å². The predicted octanol–water partition coefficient (Wildman–Crippen LogP) is 2.82. The lowest BCUT2D eigenvalue weighted by molar-refractivity contribution is -0.245. The van der Waals surface area contributed by atoms with Gasteiger partial charge in [0.1, 0.15) is 11.2 Å². The van der Waals surface area contributed by atoms with Crippen molar-refractivity contribution in [2.75, 3.05) is 19.7 Å². The molecule has 16 atom stereocenters. The smallest absolute Gasteiger partial charge is 0.160 e. The quantitative estimate of drug-likeness (QED) is 0.154. The van der Waals surface area contributed by atoms with Crippen molar-refractivity contribution in [1.82, 2.24) is 5.32 Å². The maximum Gasteiger partial charge on any atom is 0.160 e. The van der Waals surface area contributed by atoms with E-state index in [2.05, 4.69) is 18.3 Å². The molecule has 2 bridgehead atoms. The molecule has 0 radical (unpaired) electrons. The summed E-state index contributed by atoms with van der Waals surface area (Å²) in [5.74, 6) is -4.26.